The third kappa shape index (κ3) is 4.12. The van der Waals surface area contributed by atoms with Crippen LogP contribution in [-0.2, 0) is 16.6 Å². The van der Waals surface area contributed by atoms with Gasteiger partial charge in [0.15, 0.2) is 5.82 Å². The molecule has 0 saturated heterocycles. The average molecular weight is 396 g/mol. The molecule has 0 atom stereocenters. The molecule has 0 saturated carbocycles. The Balaban J connectivity index is 1.85. The fourth-order valence-electron chi connectivity index (χ4n) is 2.00. The van der Waals surface area contributed by atoms with Gasteiger partial charge in [0.25, 0.3) is 0 Å². The van der Waals surface area contributed by atoms with Gasteiger partial charge < -0.3 is 9.47 Å². The van der Waals surface area contributed by atoms with E-state index in [1.807, 2.05) is 0 Å². The van der Waals surface area contributed by atoms with E-state index in [4.69, 9.17) is 9.47 Å². The molecule has 0 spiro atoms. The van der Waals surface area contributed by atoms with Crippen LogP contribution in [0.2, 0.25) is 0 Å². The van der Waals surface area contributed by atoms with Crippen LogP contribution in [0.15, 0.2) is 23.1 Å². The maximum absolute atomic E-state index is 13.9. The van der Waals surface area contributed by atoms with E-state index in [0.29, 0.717) is 0 Å². The molecule has 12 nitrogen and oxygen atoms in total. The Morgan fingerprint density at radius 3 is 2.44 bits per heavy atom. The Hall–Kier alpha value is -3.26. The van der Waals surface area contributed by atoms with Crippen LogP contribution in [0.25, 0.3) is 11.4 Å². The molecule has 3 rings (SSSR count). The van der Waals surface area contributed by atoms with E-state index in [2.05, 4.69) is 40.3 Å². The molecular weight excluding hydrogens is 383 g/mol. The van der Waals surface area contributed by atoms with Crippen LogP contribution in [0.4, 0.5) is 4.39 Å². The summed E-state index contributed by atoms with van der Waals surface area (Å²) in [6.07, 6.45) is 0. The molecule has 0 aliphatic rings. The Kier molecular flexibility index (Phi) is 5.18. The van der Waals surface area contributed by atoms with Crippen molar-refractivity contribution in [3.63, 3.8) is 0 Å². The molecule has 2 heterocycles. The number of H-pyrrole nitrogens is 1. The molecule has 1 aromatic carbocycles. The largest absolute Gasteiger partial charge is 0.467 e. The topological polar surface area (TPSA) is 158 Å². The Morgan fingerprint density at radius 1 is 1.15 bits per heavy atom. The first-order valence-corrected chi connectivity index (χ1v) is 8.77. The highest BCUT2D eigenvalue weighted by Gasteiger charge is 2.19. The molecule has 0 amide bonds. The number of tetrazole rings is 1. The van der Waals surface area contributed by atoms with E-state index >= 15 is 0 Å². The van der Waals surface area contributed by atoms with Crippen LogP contribution in [0, 0.1) is 5.82 Å². The summed E-state index contributed by atoms with van der Waals surface area (Å²) in [7, 11) is -1.32. The summed E-state index contributed by atoms with van der Waals surface area (Å²) in [5, 5.41) is 12.8. The van der Waals surface area contributed by atoms with E-state index in [1.165, 1.54) is 14.2 Å². The van der Waals surface area contributed by atoms with Crippen molar-refractivity contribution in [2.24, 2.45) is 0 Å². The highest BCUT2D eigenvalue weighted by Crippen LogP contribution is 2.22. The Bertz CT molecular complexity index is 1020. The summed E-state index contributed by atoms with van der Waals surface area (Å²) in [5.74, 6) is -0.693. The summed E-state index contributed by atoms with van der Waals surface area (Å²) < 4.78 is 51.1. The Morgan fingerprint density at radius 2 is 1.85 bits per heavy atom. The number of nitrogens with zero attached hydrogens (tertiary/aromatic N) is 6. The lowest BCUT2D eigenvalue weighted by Gasteiger charge is -2.09. The monoisotopic (exact) mass is 396 g/mol. The minimum Gasteiger partial charge on any atom is -0.467 e. The molecule has 14 heteroatoms. The first-order valence-electron chi connectivity index (χ1n) is 7.29. The van der Waals surface area contributed by atoms with Crippen LogP contribution in [0.3, 0.4) is 0 Å². The highest BCUT2D eigenvalue weighted by molar-refractivity contribution is 7.89. The van der Waals surface area contributed by atoms with Crippen molar-refractivity contribution in [2.45, 2.75) is 11.4 Å². The van der Waals surface area contributed by atoms with Crippen molar-refractivity contribution < 1.29 is 22.3 Å². The number of benzene rings is 1. The number of aromatic nitrogens is 7. The van der Waals surface area contributed by atoms with Gasteiger partial charge in [-0.15, -0.1) is 15.2 Å². The highest BCUT2D eigenvalue weighted by atomic mass is 32.2. The van der Waals surface area contributed by atoms with E-state index in [0.717, 1.165) is 18.2 Å². The number of rotatable bonds is 7. The van der Waals surface area contributed by atoms with E-state index in [9.17, 15) is 12.8 Å². The van der Waals surface area contributed by atoms with Crippen molar-refractivity contribution in [3.8, 4) is 23.4 Å². The average Bonchev–Trinajstić information content (AvgIpc) is 3.21. The van der Waals surface area contributed by atoms with Crippen LogP contribution in [-0.4, -0.2) is 58.2 Å². The van der Waals surface area contributed by atoms with Crippen molar-refractivity contribution in [2.75, 3.05) is 14.2 Å². The zero-order valence-corrected chi connectivity index (χ0v) is 14.9. The summed E-state index contributed by atoms with van der Waals surface area (Å²) in [6, 6.07) is 3.14. The second-order valence-corrected chi connectivity index (χ2v) is 6.69. The predicted molar refractivity (Wildman–Crippen MR) is 86.5 cm³/mol. The molecule has 2 aromatic heterocycles. The fraction of sp³-hybridized carbons (Fsp3) is 0.231. The molecule has 0 fully saturated rings. The molecule has 142 valence electrons. The standard InChI is InChI=1S/C13H13FN8O4S/c1-25-12-16-10(17-13(18-12)26-2)6-15-27(23,24)7-3-4-9(14)8(5-7)11-19-21-22-20-11/h3-5,15H,6H2,1-2H3,(H,19,20,21,22). The van der Waals surface area contributed by atoms with Crippen molar-refractivity contribution in [1.29, 1.82) is 0 Å². The van der Waals surface area contributed by atoms with E-state index < -0.39 is 15.8 Å². The zero-order valence-electron chi connectivity index (χ0n) is 14.0. The van der Waals surface area contributed by atoms with Gasteiger partial charge in [0.1, 0.15) is 5.82 Å². The number of sulfonamides is 1. The minimum absolute atomic E-state index is 0.0303. The lowest BCUT2D eigenvalue weighted by atomic mass is 10.2. The van der Waals surface area contributed by atoms with E-state index in [1.54, 1.807) is 0 Å². The number of aromatic amines is 1. The fourth-order valence-corrected chi connectivity index (χ4v) is 3.01. The molecule has 3 aromatic rings. The molecule has 0 bridgehead atoms. The lowest BCUT2D eigenvalue weighted by molar-refractivity contribution is 0.336. The summed E-state index contributed by atoms with van der Waals surface area (Å²) >= 11 is 0. The summed E-state index contributed by atoms with van der Waals surface area (Å²) in [5.41, 5.74) is -0.116. The van der Waals surface area contributed by atoms with Crippen molar-refractivity contribution in [1.82, 2.24) is 40.3 Å². The van der Waals surface area contributed by atoms with Gasteiger partial charge in [-0.05, 0) is 23.4 Å². The van der Waals surface area contributed by atoms with Crippen LogP contribution < -0.4 is 14.2 Å². The van der Waals surface area contributed by atoms with Crippen molar-refractivity contribution in [3.05, 3.63) is 29.8 Å². The molecule has 2 N–H and O–H groups in total. The lowest BCUT2D eigenvalue weighted by Crippen LogP contribution is -2.24. The second-order valence-electron chi connectivity index (χ2n) is 4.93. The minimum atomic E-state index is -4.01. The van der Waals surface area contributed by atoms with Gasteiger partial charge in [0.05, 0.1) is 31.2 Å². The molecule has 27 heavy (non-hydrogen) atoms. The number of halogens is 1. The molecule has 0 aliphatic carbocycles. The Labute approximate surface area is 152 Å². The number of methoxy groups -OCH3 is 2. The first kappa shape index (κ1) is 18.5. The third-order valence-electron chi connectivity index (χ3n) is 3.26. The molecule has 0 aliphatic heterocycles. The smallest absolute Gasteiger partial charge is 0.322 e. The number of hydrogen-bond donors (Lipinski definition) is 2. The SMILES string of the molecule is COc1nc(CNS(=O)(=O)c2ccc(F)c(-c3nn[nH]n3)c2)nc(OC)n1. The number of nitrogens with one attached hydrogen (secondary N) is 2. The van der Waals surface area contributed by atoms with E-state index in [-0.39, 0.29) is 40.7 Å². The second kappa shape index (κ2) is 7.55. The maximum Gasteiger partial charge on any atom is 0.322 e. The van der Waals surface area contributed by atoms with Gasteiger partial charge in [-0.1, -0.05) is 0 Å². The summed E-state index contributed by atoms with van der Waals surface area (Å²) in [6.45, 7) is -0.271. The van der Waals surface area contributed by atoms with Gasteiger partial charge in [-0.3, -0.25) is 0 Å². The molecule has 0 radical (unpaired) electrons. The maximum atomic E-state index is 13.9. The first-order chi connectivity index (χ1) is 12.9. The van der Waals surface area contributed by atoms with Crippen LogP contribution in [0.5, 0.6) is 12.0 Å². The quantitative estimate of drug-likeness (QED) is 0.542. The molecule has 0 unspecified atom stereocenters. The predicted octanol–water partition coefficient (Wildman–Crippen LogP) is -0.314. The van der Waals surface area contributed by atoms with Gasteiger partial charge in [-0.2, -0.15) is 15.2 Å². The summed E-state index contributed by atoms with van der Waals surface area (Å²) in [4.78, 5) is 11.5. The zero-order chi connectivity index (χ0) is 19.4. The van der Waals surface area contributed by atoms with Crippen LogP contribution >= 0.6 is 0 Å². The van der Waals surface area contributed by atoms with Gasteiger partial charge in [0.2, 0.25) is 15.8 Å². The third-order valence-corrected chi connectivity index (χ3v) is 4.66. The normalized spacial score (nSPS) is 11.4. The number of ether oxygens (including phenoxy) is 2. The van der Waals surface area contributed by atoms with Crippen LogP contribution in [0.1, 0.15) is 5.82 Å². The number of hydrogen-bond acceptors (Lipinski definition) is 10. The van der Waals surface area contributed by atoms with Gasteiger partial charge >= 0.3 is 12.0 Å². The molecular formula is C13H13FN8O4S. The van der Waals surface area contributed by atoms with Crippen molar-refractivity contribution >= 4 is 10.0 Å². The van der Waals surface area contributed by atoms with Gasteiger partial charge in [0, 0.05) is 0 Å². The van der Waals surface area contributed by atoms with Gasteiger partial charge in [-0.25, -0.2) is 17.5 Å².